The number of benzene rings is 1. The van der Waals surface area contributed by atoms with E-state index in [2.05, 4.69) is 32.7 Å². The fourth-order valence-corrected chi connectivity index (χ4v) is 3.36. The van der Waals surface area contributed by atoms with Crippen LogP contribution in [0.4, 0.5) is 16.2 Å². The highest BCUT2D eigenvalue weighted by molar-refractivity contribution is 5.97. The van der Waals surface area contributed by atoms with Gasteiger partial charge >= 0.3 is 6.03 Å². The van der Waals surface area contributed by atoms with Crippen molar-refractivity contribution in [3.05, 3.63) is 48.7 Å². The van der Waals surface area contributed by atoms with E-state index in [4.69, 9.17) is 4.74 Å². The van der Waals surface area contributed by atoms with Gasteiger partial charge in [-0.05, 0) is 24.1 Å². The molecular formula is C22H29N5O3. The van der Waals surface area contributed by atoms with E-state index in [0.29, 0.717) is 24.7 Å². The average molecular weight is 412 g/mol. The lowest BCUT2D eigenvalue weighted by Gasteiger charge is -2.37. The third kappa shape index (κ3) is 5.40. The van der Waals surface area contributed by atoms with Crippen molar-refractivity contribution < 1.29 is 14.3 Å². The van der Waals surface area contributed by atoms with E-state index in [1.165, 1.54) is 13.3 Å². The lowest BCUT2D eigenvalue weighted by Crippen LogP contribution is -2.56. The minimum atomic E-state index is -0.647. The van der Waals surface area contributed by atoms with Crippen LogP contribution in [0, 0.1) is 5.92 Å². The fraction of sp³-hybridized carbons (Fsp3) is 0.409. The minimum absolute atomic E-state index is 0.0641. The van der Waals surface area contributed by atoms with Gasteiger partial charge in [0.05, 0.1) is 19.0 Å². The number of rotatable bonds is 6. The molecule has 0 saturated carbocycles. The van der Waals surface area contributed by atoms with Crippen LogP contribution < -0.4 is 20.3 Å². The number of carbonyl (C=O) groups is 2. The molecule has 1 fully saturated rings. The molecular weight excluding hydrogens is 382 g/mol. The normalized spacial score (nSPS) is 14.9. The highest BCUT2D eigenvalue weighted by Crippen LogP contribution is 2.16. The van der Waals surface area contributed by atoms with Crippen LogP contribution in [0.5, 0.6) is 5.88 Å². The molecule has 1 atom stereocenters. The van der Waals surface area contributed by atoms with E-state index in [1.54, 1.807) is 17.0 Å². The van der Waals surface area contributed by atoms with Gasteiger partial charge in [-0.3, -0.25) is 4.79 Å². The molecule has 30 heavy (non-hydrogen) atoms. The number of nitrogens with one attached hydrogen (secondary N) is 2. The van der Waals surface area contributed by atoms with E-state index in [-0.39, 0.29) is 17.9 Å². The molecule has 0 spiro atoms. The summed E-state index contributed by atoms with van der Waals surface area (Å²) in [5, 5.41) is 5.71. The zero-order valence-electron chi connectivity index (χ0n) is 17.7. The largest absolute Gasteiger partial charge is 0.481 e. The Hall–Kier alpha value is -3.29. The molecule has 1 aliphatic rings. The molecule has 3 rings (SSSR count). The van der Waals surface area contributed by atoms with E-state index < -0.39 is 6.04 Å². The standard InChI is InChI=1S/C22H29N5O3/c1-16(2)20(21(28)24-17-9-10-19(30-3)23-15-17)25-22(29)27-13-11-26(12-14-27)18-7-5-4-6-8-18/h4-10,15-16,20H,11-14H2,1-3H3,(H,24,28)(H,25,29)/t20-/m0/s1. The van der Waals surface area contributed by atoms with E-state index >= 15 is 0 Å². The Labute approximate surface area is 177 Å². The van der Waals surface area contributed by atoms with Gasteiger partial charge in [-0.1, -0.05) is 32.0 Å². The van der Waals surface area contributed by atoms with Crippen molar-refractivity contribution in [1.82, 2.24) is 15.2 Å². The molecule has 8 nitrogen and oxygen atoms in total. The molecule has 2 aromatic rings. The molecule has 1 saturated heterocycles. The van der Waals surface area contributed by atoms with Crippen molar-refractivity contribution in [2.24, 2.45) is 5.92 Å². The summed E-state index contributed by atoms with van der Waals surface area (Å²) in [6.07, 6.45) is 1.53. The van der Waals surface area contributed by atoms with Crippen LogP contribution in [0.15, 0.2) is 48.7 Å². The number of methoxy groups -OCH3 is 1. The lowest BCUT2D eigenvalue weighted by molar-refractivity contribution is -0.118. The van der Waals surface area contributed by atoms with Crippen LogP contribution in [-0.2, 0) is 4.79 Å². The number of anilines is 2. The van der Waals surface area contributed by atoms with Crippen molar-refractivity contribution >= 4 is 23.3 Å². The Morgan fingerprint density at radius 2 is 1.73 bits per heavy atom. The summed E-state index contributed by atoms with van der Waals surface area (Å²) in [4.78, 5) is 33.6. The average Bonchev–Trinajstić information content (AvgIpc) is 2.78. The van der Waals surface area contributed by atoms with Crippen LogP contribution in [0.3, 0.4) is 0 Å². The van der Waals surface area contributed by atoms with E-state index in [1.807, 2.05) is 32.0 Å². The number of carbonyl (C=O) groups excluding carboxylic acids is 2. The predicted octanol–water partition coefficient (Wildman–Crippen LogP) is 2.59. The molecule has 2 heterocycles. The highest BCUT2D eigenvalue weighted by atomic mass is 16.5. The molecule has 0 unspecified atom stereocenters. The molecule has 0 radical (unpaired) electrons. The van der Waals surface area contributed by atoms with Gasteiger partial charge in [0.1, 0.15) is 6.04 Å². The number of nitrogens with zero attached hydrogens (tertiary/aromatic N) is 3. The number of hydrogen-bond acceptors (Lipinski definition) is 5. The Morgan fingerprint density at radius 1 is 1.03 bits per heavy atom. The smallest absolute Gasteiger partial charge is 0.318 e. The van der Waals surface area contributed by atoms with Gasteiger partial charge in [0, 0.05) is 37.9 Å². The maximum absolute atomic E-state index is 12.8. The molecule has 3 amide bonds. The highest BCUT2D eigenvalue weighted by Gasteiger charge is 2.28. The molecule has 160 valence electrons. The first-order valence-corrected chi connectivity index (χ1v) is 10.1. The molecule has 1 aromatic heterocycles. The maximum atomic E-state index is 12.8. The third-order valence-electron chi connectivity index (χ3n) is 5.13. The summed E-state index contributed by atoms with van der Waals surface area (Å²) in [7, 11) is 1.53. The summed E-state index contributed by atoms with van der Waals surface area (Å²) in [5.41, 5.74) is 1.71. The van der Waals surface area contributed by atoms with Crippen molar-refractivity contribution in [1.29, 1.82) is 0 Å². The Balaban J connectivity index is 1.55. The van der Waals surface area contributed by atoms with E-state index in [9.17, 15) is 9.59 Å². The summed E-state index contributed by atoms with van der Waals surface area (Å²) < 4.78 is 5.03. The number of urea groups is 1. The SMILES string of the molecule is COc1ccc(NC(=O)[C@@H](NC(=O)N2CCN(c3ccccc3)CC2)C(C)C)cn1. The quantitative estimate of drug-likeness (QED) is 0.763. The number of aromatic nitrogens is 1. The van der Waals surface area contributed by atoms with Crippen molar-refractivity contribution in [3.63, 3.8) is 0 Å². The molecule has 8 heteroatoms. The molecule has 0 aliphatic carbocycles. The van der Waals surface area contributed by atoms with Crippen molar-refractivity contribution in [2.75, 3.05) is 43.5 Å². The van der Waals surface area contributed by atoms with Gasteiger partial charge in [-0.15, -0.1) is 0 Å². The number of pyridine rings is 1. The third-order valence-corrected chi connectivity index (χ3v) is 5.13. The second kappa shape index (κ2) is 9.96. The Morgan fingerprint density at radius 3 is 2.30 bits per heavy atom. The first-order chi connectivity index (χ1) is 14.5. The molecule has 0 bridgehead atoms. The van der Waals surface area contributed by atoms with Crippen LogP contribution in [0.1, 0.15) is 13.8 Å². The van der Waals surface area contributed by atoms with Gasteiger partial charge in [-0.25, -0.2) is 9.78 Å². The van der Waals surface area contributed by atoms with Gasteiger partial charge in [-0.2, -0.15) is 0 Å². The fourth-order valence-electron chi connectivity index (χ4n) is 3.36. The van der Waals surface area contributed by atoms with Crippen LogP contribution in [-0.4, -0.2) is 61.2 Å². The Bertz CT molecular complexity index is 834. The number of para-hydroxylation sites is 1. The van der Waals surface area contributed by atoms with Crippen molar-refractivity contribution in [2.45, 2.75) is 19.9 Å². The number of hydrogen-bond donors (Lipinski definition) is 2. The molecule has 1 aliphatic heterocycles. The monoisotopic (exact) mass is 411 g/mol. The zero-order chi connectivity index (χ0) is 21.5. The Kier molecular flexibility index (Phi) is 7.11. The van der Waals surface area contributed by atoms with Gasteiger partial charge in [0.25, 0.3) is 0 Å². The summed E-state index contributed by atoms with van der Waals surface area (Å²) in [5.74, 6) is 0.135. The van der Waals surface area contributed by atoms with Gasteiger partial charge < -0.3 is 25.2 Å². The molecule has 1 aromatic carbocycles. The first kappa shape index (κ1) is 21.4. The maximum Gasteiger partial charge on any atom is 0.318 e. The summed E-state index contributed by atoms with van der Waals surface area (Å²) in [6.45, 7) is 6.54. The number of amides is 3. The van der Waals surface area contributed by atoms with Crippen LogP contribution >= 0.6 is 0 Å². The molecule has 2 N–H and O–H groups in total. The lowest BCUT2D eigenvalue weighted by atomic mass is 10.0. The zero-order valence-corrected chi connectivity index (χ0v) is 17.7. The van der Waals surface area contributed by atoms with Gasteiger partial charge in [0.15, 0.2) is 0 Å². The number of ether oxygens (including phenoxy) is 1. The minimum Gasteiger partial charge on any atom is -0.481 e. The van der Waals surface area contributed by atoms with E-state index in [0.717, 1.165) is 18.8 Å². The van der Waals surface area contributed by atoms with Gasteiger partial charge in [0.2, 0.25) is 11.8 Å². The second-order valence-corrected chi connectivity index (χ2v) is 7.56. The first-order valence-electron chi connectivity index (χ1n) is 10.1. The topological polar surface area (TPSA) is 86.8 Å². The van der Waals surface area contributed by atoms with Crippen molar-refractivity contribution in [3.8, 4) is 5.88 Å². The summed E-state index contributed by atoms with van der Waals surface area (Å²) in [6, 6.07) is 12.7. The number of piperazine rings is 1. The van der Waals surface area contributed by atoms with Crippen LogP contribution in [0.2, 0.25) is 0 Å². The van der Waals surface area contributed by atoms with Crippen LogP contribution in [0.25, 0.3) is 0 Å². The predicted molar refractivity (Wildman–Crippen MR) is 117 cm³/mol. The second-order valence-electron chi connectivity index (χ2n) is 7.56. The summed E-state index contributed by atoms with van der Waals surface area (Å²) >= 11 is 0.